The zero-order valence-electron chi connectivity index (χ0n) is 18.2. The molecule has 1 fully saturated rings. The van der Waals surface area contributed by atoms with Crippen LogP contribution in [0.15, 0.2) is 66.7 Å². The average molecular weight is 430 g/mol. The van der Waals surface area contributed by atoms with Crippen LogP contribution in [0.4, 0.5) is 5.69 Å². The zero-order valence-corrected chi connectivity index (χ0v) is 18.2. The first-order valence-corrected chi connectivity index (χ1v) is 11.0. The van der Waals surface area contributed by atoms with E-state index in [1.807, 2.05) is 17.0 Å². The number of carbonyl (C=O) groups excluding carboxylic acids is 1. The number of fused-ring (bicyclic) bond motifs is 2. The highest BCUT2D eigenvalue weighted by atomic mass is 16.5. The van der Waals surface area contributed by atoms with Crippen LogP contribution in [0.5, 0.6) is 5.75 Å². The van der Waals surface area contributed by atoms with Crippen molar-refractivity contribution in [3.05, 3.63) is 83.4 Å². The Morgan fingerprint density at radius 3 is 2.66 bits per heavy atom. The van der Waals surface area contributed by atoms with Crippen molar-refractivity contribution in [1.29, 1.82) is 0 Å². The highest BCUT2D eigenvalue weighted by molar-refractivity contribution is 6.08. The third-order valence-electron chi connectivity index (χ3n) is 6.74. The molecule has 5 nitrogen and oxygen atoms in total. The van der Waals surface area contributed by atoms with Crippen LogP contribution >= 0.6 is 0 Å². The fourth-order valence-corrected chi connectivity index (χ4v) is 5.09. The number of benzene rings is 3. The van der Waals surface area contributed by atoms with Gasteiger partial charge in [0.2, 0.25) is 0 Å². The highest BCUT2D eigenvalue weighted by Crippen LogP contribution is 2.48. The maximum atomic E-state index is 13.4. The summed E-state index contributed by atoms with van der Waals surface area (Å²) in [5.74, 6) is 0.0131. The van der Waals surface area contributed by atoms with Gasteiger partial charge in [0.15, 0.2) is 0 Å². The van der Waals surface area contributed by atoms with Gasteiger partial charge in [-0.2, -0.15) is 0 Å². The summed E-state index contributed by atoms with van der Waals surface area (Å²) in [4.78, 5) is 15.3. The predicted molar refractivity (Wildman–Crippen MR) is 124 cm³/mol. The number of phenols is 1. The Balaban J connectivity index is 1.60. The Bertz CT molecular complexity index is 1150. The molecule has 0 aliphatic carbocycles. The minimum Gasteiger partial charge on any atom is -0.508 e. The maximum Gasteiger partial charge on any atom is 0.258 e. The van der Waals surface area contributed by atoms with E-state index < -0.39 is 0 Å². The Morgan fingerprint density at radius 2 is 1.88 bits per heavy atom. The van der Waals surface area contributed by atoms with Gasteiger partial charge in [0.25, 0.3) is 5.91 Å². The third kappa shape index (κ3) is 3.57. The molecule has 32 heavy (non-hydrogen) atoms. The van der Waals surface area contributed by atoms with Crippen LogP contribution in [0, 0.1) is 0 Å². The minimum atomic E-state index is -0.119. The molecular formula is C27H27NO4. The highest BCUT2D eigenvalue weighted by Gasteiger charge is 2.45. The van der Waals surface area contributed by atoms with Crippen LogP contribution in [0.2, 0.25) is 0 Å². The SMILES string of the molecule is COCc1ccccc1-c1ccc2c(c1)C1(CCOCC1)CN2C(=O)c1cccc(O)c1. The number of nitrogens with zero attached hydrogens (tertiary/aromatic N) is 1. The monoisotopic (exact) mass is 429 g/mol. The van der Waals surface area contributed by atoms with E-state index >= 15 is 0 Å². The third-order valence-corrected chi connectivity index (χ3v) is 6.74. The minimum absolute atomic E-state index is 0.0851. The quantitative estimate of drug-likeness (QED) is 0.640. The molecule has 0 atom stereocenters. The number of amides is 1. The first-order chi connectivity index (χ1) is 15.6. The van der Waals surface area contributed by atoms with Crippen LogP contribution in [-0.2, 0) is 21.5 Å². The largest absolute Gasteiger partial charge is 0.508 e. The fourth-order valence-electron chi connectivity index (χ4n) is 5.09. The Morgan fingerprint density at radius 1 is 1.06 bits per heavy atom. The van der Waals surface area contributed by atoms with E-state index in [9.17, 15) is 9.90 Å². The summed E-state index contributed by atoms with van der Waals surface area (Å²) >= 11 is 0. The molecule has 0 radical (unpaired) electrons. The van der Waals surface area contributed by atoms with Crippen LogP contribution < -0.4 is 4.90 Å². The number of hydrogen-bond donors (Lipinski definition) is 1. The van der Waals surface area contributed by atoms with Gasteiger partial charge < -0.3 is 19.5 Å². The predicted octanol–water partition coefficient (Wildman–Crippen LogP) is 4.91. The number of carbonyl (C=O) groups is 1. The van der Waals surface area contributed by atoms with Gasteiger partial charge in [-0.25, -0.2) is 0 Å². The lowest BCUT2D eigenvalue weighted by molar-refractivity contribution is 0.0547. The standard InChI is InChI=1S/C27H27NO4/c1-31-17-21-5-2-3-8-23(21)19-9-10-25-24(16-19)27(11-13-32-14-12-27)18-28(25)26(30)20-6-4-7-22(29)15-20/h2-10,15-16,29H,11-14,17-18H2,1H3. The van der Waals surface area contributed by atoms with Gasteiger partial charge in [-0.05, 0) is 65.4 Å². The molecule has 1 amide bonds. The van der Waals surface area contributed by atoms with Gasteiger partial charge in [-0.15, -0.1) is 0 Å². The number of anilines is 1. The van der Waals surface area contributed by atoms with E-state index in [0.717, 1.165) is 35.2 Å². The summed E-state index contributed by atoms with van der Waals surface area (Å²) in [6, 6.07) is 21.3. The van der Waals surface area contributed by atoms with E-state index in [1.165, 1.54) is 11.6 Å². The van der Waals surface area contributed by atoms with Gasteiger partial charge in [-0.1, -0.05) is 36.4 Å². The summed E-state index contributed by atoms with van der Waals surface area (Å²) in [6.07, 6.45) is 1.76. The molecule has 0 aromatic heterocycles. The normalized spacial score (nSPS) is 16.8. The van der Waals surface area contributed by atoms with E-state index in [0.29, 0.717) is 31.9 Å². The summed E-state index contributed by atoms with van der Waals surface area (Å²) in [7, 11) is 1.71. The summed E-state index contributed by atoms with van der Waals surface area (Å²) in [5.41, 5.74) is 5.96. The van der Waals surface area contributed by atoms with Crippen molar-refractivity contribution in [2.24, 2.45) is 0 Å². The van der Waals surface area contributed by atoms with Crippen molar-refractivity contribution in [3.8, 4) is 16.9 Å². The van der Waals surface area contributed by atoms with Crippen LogP contribution in [0.1, 0.15) is 34.3 Å². The number of rotatable bonds is 4. The Labute approximate surface area is 188 Å². The lowest BCUT2D eigenvalue weighted by Gasteiger charge is -2.34. The molecule has 0 saturated carbocycles. The number of ether oxygens (including phenoxy) is 2. The molecule has 1 saturated heterocycles. The zero-order chi connectivity index (χ0) is 22.1. The number of aromatic hydroxyl groups is 1. The molecular weight excluding hydrogens is 402 g/mol. The molecule has 1 spiro atoms. The van der Waals surface area contributed by atoms with Crippen LogP contribution in [0.3, 0.4) is 0 Å². The van der Waals surface area contributed by atoms with Gasteiger partial charge in [-0.3, -0.25) is 4.79 Å². The van der Waals surface area contributed by atoms with Crippen LogP contribution in [-0.4, -0.2) is 37.9 Å². The molecule has 5 heteroatoms. The lowest BCUT2D eigenvalue weighted by Crippen LogP contribution is -2.40. The first kappa shape index (κ1) is 20.7. The smallest absolute Gasteiger partial charge is 0.258 e. The summed E-state index contributed by atoms with van der Waals surface area (Å²) in [5, 5.41) is 9.88. The molecule has 5 rings (SSSR count). The molecule has 2 aliphatic heterocycles. The second-order valence-corrected chi connectivity index (χ2v) is 8.66. The van der Waals surface area contributed by atoms with Gasteiger partial charge in [0, 0.05) is 43.5 Å². The molecule has 2 aliphatic rings. The molecule has 164 valence electrons. The molecule has 0 bridgehead atoms. The fraction of sp³-hybridized carbons (Fsp3) is 0.296. The van der Waals surface area contributed by atoms with Crippen molar-refractivity contribution < 1.29 is 19.4 Å². The van der Waals surface area contributed by atoms with E-state index in [2.05, 4.69) is 30.3 Å². The van der Waals surface area contributed by atoms with E-state index in [1.54, 1.807) is 25.3 Å². The van der Waals surface area contributed by atoms with Crippen molar-refractivity contribution in [2.45, 2.75) is 24.9 Å². The lowest BCUT2D eigenvalue weighted by atomic mass is 9.75. The Hall–Kier alpha value is -3.15. The number of phenolic OH excluding ortho intramolecular Hbond substituents is 1. The van der Waals surface area contributed by atoms with E-state index in [4.69, 9.17) is 9.47 Å². The number of hydrogen-bond acceptors (Lipinski definition) is 4. The number of methoxy groups -OCH3 is 1. The topological polar surface area (TPSA) is 59.0 Å². The Kier molecular flexibility index (Phi) is 5.45. The second-order valence-electron chi connectivity index (χ2n) is 8.66. The van der Waals surface area contributed by atoms with Crippen molar-refractivity contribution >= 4 is 11.6 Å². The van der Waals surface area contributed by atoms with Crippen molar-refractivity contribution in [1.82, 2.24) is 0 Å². The molecule has 1 N–H and O–H groups in total. The van der Waals surface area contributed by atoms with Gasteiger partial charge in [0.1, 0.15) is 5.75 Å². The van der Waals surface area contributed by atoms with Gasteiger partial charge in [0.05, 0.1) is 6.61 Å². The maximum absolute atomic E-state index is 13.4. The first-order valence-electron chi connectivity index (χ1n) is 11.0. The van der Waals surface area contributed by atoms with Crippen LogP contribution in [0.25, 0.3) is 11.1 Å². The van der Waals surface area contributed by atoms with Gasteiger partial charge >= 0.3 is 0 Å². The van der Waals surface area contributed by atoms with Crippen molar-refractivity contribution in [2.75, 3.05) is 31.8 Å². The summed E-state index contributed by atoms with van der Waals surface area (Å²) < 4.78 is 11.1. The second kappa shape index (κ2) is 8.41. The molecule has 0 unspecified atom stereocenters. The molecule has 3 aromatic rings. The van der Waals surface area contributed by atoms with E-state index in [-0.39, 0.29) is 17.1 Å². The van der Waals surface area contributed by atoms with Crippen molar-refractivity contribution in [3.63, 3.8) is 0 Å². The average Bonchev–Trinajstić information content (AvgIpc) is 3.12. The summed E-state index contributed by atoms with van der Waals surface area (Å²) in [6.45, 7) is 2.56. The molecule has 2 heterocycles. The molecule has 3 aromatic carbocycles.